The summed E-state index contributed by atoms with van der Waals surface area (Å²) in [6.45, 7) is 0.951. The topological polar surface area (TPSA) is 94.5 Å². The van der Waals surface area contributed by atoms with Gasteiger partial charge in [-0.1, -0.05) is 0 Å². The van der Waals surface area contributed by atoms with Crippen molar-refractivity contribution >= 4 is 28.5 Å². The molecule has 2 heterocycles. The van der Waals surface area contributed by atoms with Crippen LogP contribution in [0, 0.1) is 0 Å². The highest BCUT2D eigenvalue weighted by Gasteiger charge is 2.23. The van der Waals surface area contributed by atoms with Crippen LogP contribution in [-0.2, 0) is 23.1 Å². The Hall–Kier alpha value is -3.39. The van der Waals surface area contributed by atoms with E-state index in [0.717, 1.165) is 29.7 Å². The number of carbonyl (C=O) groups excluding carboxylic acids is 2. The number of rotatable bonds is 6. The fraction of sp³-hybridized carbons (Fsp3) is 0.318. The van der Waals surface area contributed by atoms with Crippen LogP contribution < -0.4 is 15.4 Å². The first-order chi connectivity index (χ1) is 14.5. The summed E-state index contributed by atoms with van der Waals surface area (Å²) in [5.41, 5.74) is 2.84. The highest BCUT2D eigenvalue weighted by molar-refractivity contribution is 6.05. The van der Waals surface area contributed by atoms with Crippen molar-refractivity contribution in [2.45, 2.75) is 25.5 Å². The first-order valence-electron chi connectivity index (χ1n) is 9.85. The van der Waals surface area contributed by atoms with Crippen LogP contribution in [0.4, 0.5) is 5.69 Å². The third kappa shape index (κ3) is 4.13. The maximum Gasteiger partial charge on any atom is 0.255 e. The number of benzene rings is 2. The Balaban J connectivity index is 1.45. The van der Waals surface area contributed by atoms with E-state index in [1.54, 1.807) is 31.4 Å². The molecule has 1 aliphatic rings. The van der Waals surface area contributed by atoms with Gasteiger partial charge < -0.3 is 24.7 Å². The lowest BCUT2D eigenvalue weighted by atomic mass is 10.2. The van der Waals surface area contributed by atoms with E-state index in [0.29, 0.717) is 30.2 Å². The summed E-state index contributed by atoms with van der Waals surface area (Å²) in [5, 5.41) is 5.78. The maximum absolute atomic E-state index is 12.5. The molecule has 0 radical (unpaired) electrons. The van der Waals surface area contributed by atoms with Crippen molar-refractivity contribution in [2.24, 2.45) is 7.05 Å². The predicted molar refractivity (Wildman–Crippen MR) is 112 cm³/mol. The van der Waals surface area contributed by atoms with E-state index in [1.165, 1.54) is 0 Å². The third-order valence-corrected chi connectivity index (χ3v) is 5.23. The minimum absolute atomic E-state index is 0.105. The van der Waals surface area contributed by atoms with Crippen LogP contribution in [-0.4, -0.2) is 41.2 Å². The first kappa shape index (κ1) is 19.9. The van der Waals surface area contributed by atoms with E-state index in [-0.39, 0.29) is 17.9 Å². The second-order valence-electron chi connectivity index (χ2n) is 7.19. The molecule has 8 heteroatoms. The summed E-state index contributed by atoms with van der Waals surface area (Å²) in [6, 6.07) is 12.5. The Morgan fingerprint density at radius 2 is 2.03 bits per heavy atom. The Morgan fingerprint density at radius 3 is 2.73 bits per heavy atom. The lowest BCUT2D eigenvalue weighted by molar-refractivity contribution is -0.130. The largest absolute Gasteiger partial charge is 0.497 e. The number of fused-ring (bicyclic) bond motifs is 1. The number of aryl methyl sites for hydroxylation is 1. The lowest BCUT2D eigenvalue weighted by Gasteiger charge is -2.10. The van der Waals surface area contributed by atoms with Crippen molar-refractivity contribution in [3.63, 3.8) is 0 Å². The SMILES string of the molecule is COc1ccc(C(=O)Nc2ccc3c(c2)nc(CNC(=O)C2CCCO2)n3C)cc1. The van der Waals surface area contributed by atoms with E-state index >= 15 is 0 Å². The molecule has 1 fully saturated rings. The molecule has 1 aromatic heterocycles. The van der Waals surface area contributed by atoms with Crippen LogP contribution in [0.3, 0.4) is 0 Å². The standard InChI is InChI=1S/C22H24N4O4/c1-26-18-10-7-15(24-21(27)14-5-8-16(29-2)9-6-14)12-17(18)25-20(26)13-23-22(28)19-4-3-11-30-19/h5-10,12,19H,3-4,11,13H2,1-2H3,(H,23,28)(H,24,27). The first-order valence-corrected chi connectivity index (χ1v) is 9.85. The van der Waals surface area contributed by atoms with Crippen molar-refractivity contribution in [3.8, 4) is 5.75 Å². The second-order valence-corrected chi connectivity index (χ2v) is 7.19. The summed E-state index contributed by atoms with van der Waals surface area (Å²) in [5.74, 6) is 1.11. The van der Waals surface area contributed by atoms with Gasteiger partial charge in [0.2, 0.25) is 5.91 Å². The number of methoxy groups -OCH3 is 1. The molecular formula is C22H24N4O4. The van der Waals surface area contributed by atoms with Gasteiger partial charge in [0.1, 0.15) is 17.7 Å². The number of hydrogen-bond acceptors (Lipinski definition) is 5. The molecule has 30 heavy (non-hydrogen) atoms. The van der Waals surface area contributed by atoms with Crippen molar-refractivity contribution in [3.05, 3.63) is 53.9 Å². The molecule has 0 spiro atoms. The predicted octanol–water partition coefficient (Wildman–Crippen LogP) is 2.63. The van der Waals surface area contributed by atoms with Gasteiger partial charge in [-0.2, -0.15) is 0 Å². The fourth-order valence-corrected chi connectivity index (χ4v) is 3.50. The van der Waals surface area contributed by atoms with Gasteiger partial charge in [-0.25, -0.2) is 4.98 Å². The molecule has 0 saturated carbocycles. The number of nitrogens with one attached hydrogen (secondary N) is 2. The van der Waals surface area contributed by atoms with Gasteiger partial charge in [-0.05, 0) is 55.3 Å². The molecule has 0 bridgehead atoms. The molecule has 2 aromatic carbocycles. The van der Waals surface area contributed by atoms with Crippen molar-refractivity contribution in [1.29, 1.82) is 0 Å². The van der Waals surface area contributed by atoms with E-state index in [1.807, 2.05) is 29.8 Å². The molecule has 4 rings (SSSR count). The zero-order valence-corrected chi connectivity index (χ0v) is 17.0. The van der Waals surface area contributed by atoms with Gasteiger partial charge in [0, 0.05) is 24.9 Å². The monoisotopic (exact) mass is 408 g/mol. The highest BCUT2D eigenvalue weighted by atomic mass is 16.5. The minimum Gasteiger partial charge on any atom is -0.497 e. The molecule has 1 unspecified atom stereocenters. The highest BCUT2D eigenvalue weighted by Crippen LogP contribution is 2.21. The molecule has 2 N–H and O–H groups in total. The number of imidazole rings is 1. The van der Waals surface area contributed by atoms with Gasteiger partial charge in [0.25, 0.3) is 5.91 Å². The van der Waals surface area contributed by atoms with Crippen LogP contribution in [0.5, 0.6) is 5.75 Å². The molecule has 3 aromatic rings. The summed E-state index contributed by atoms with van der Waals surface area (Å²) in [6.07, 6.45) is 1.31. The number of anilines is 1. The maximum atomic E-state index is 12.5. The number of ether oxygens (including phenoxy) is 2. The Bertz CT molecular complexity index is 1070. The van der Waals surface area contributed by atoms with Crippen LogP contribution in [0.2, 0.25) is 0 Å². The van der Waals surface area contributed by atoms with E-state index in [9.17, 15) is 9.59 Å². The van der Waals surface area contributed by atoms with E-state index in [2.05, 4.69) is 15.6 Å². The minimum atomic E-state index is -0.362. The molecule has 1 atom stereocenters. The van der Waals surface area contributed by atoms with Gasteiger partial charge in [-0.15, -0.1) is 0 Å². The molecule has 1 aliphatic heterocycles. The Morgan fingerprint density at radius 1 is 1.23 bits per heavy atom. The van der Waals surface area contributed by atoms with Gasteiger partial charge in [-0.3, -0.25) is 9.59 Å². The van der Waals surface area contributed by atoms with Crippen molar-refractivity contribution in [1.82, 2.24) is 14.9 Å². The number of nitrogens with zero attached hydrogens (tertiary/aromatic N) is 2. The van der Waals surface area contributed by atoms with Crippen LogP contribution in [0.25, 0.3) is 11.0 Å². The van der Waals surface area contributed by atoms with E-state index < -0.39 is 0 Å². The third-order valence-electron chi connectivity index (χ3n) is 5.23. The van der Waals surface area contributed by atoms with Gasteiger partial charge in [0.15, 0.2) is 0 Å². The average Bonchev–Trinajstić information content (AvgIpc) is 3.41. The lowest BCUT2D eigenvalue weighted by Crippen LogP contribution is -2.34. The van der Waals surface area contributed by atoms with Gasteiger partial charge >= 0.3 is 0 Å². The van der Waals surface area contributed by atoms with Crippen LogP contribution in [0.15, 0.2) is 42.5 Å². The smallest absolute Gasteiger partial charge is 0.255 e. The number of aromatic nitrogens is 2. The molecular weight excluding hydrogens is 384 g/mol. The van der Waals surface area contributed by atoms with Crippen LogP contribution >= 0.6 is 0 Å². The molecule has 1 saturated heterocycles. The zero-order chi connectivity index (χ0) is 21.1. The molecule has 8 nitrogen and oxygen atoms in total. The molecule has 2 amide bonds. The normalized spacial score (nSPS) is 15.9. The van der Waals surface area contributed by atoms with Crippen LogP contribution in [0.1, 0.15) is 29.0 Å². The Labute approximate surface area is 174 Å². The number of hydrogen-bond donors (Lipinski definition) is 2. The second kappa shape index (κ2) is 8.54. The van der Waals surface area contributed by atoms with Crippen molar-refractivity contribution < 1.29 is 19.1 Å². The molecule has 0 aliphatic carbocycles. The number of carbonyl (C=O) groups is 2. The summed E-state index contributed by atoms with van der Waals surface area (Å²) in [7, 11) is 3.48. The van der Waals surface area contributed by atoms with Gasteiger partial charge in [0.05, 0.1) is 24.7 Å². The zero-order valence-electron chi connectivity index (χ0n) is 17.0. The fourth-order valence-electron chi connectivity index (χ4n) is 3.50. The van der Waals surface area contributed by atoms with Crippen molar-refractivity contribution in [2.75, 3.05) is 19.0 Å². The quantitative estimate of drug-likeness (QED) is 0.654. The van der Waals surface area contributed by atoms with E-state index in [4.69, 9.17) is 9.47 Å². The summed E-state index contributed by atoms with van der Waals surface area (Å²) in [4.78, 5) is 29.3. The Kier molecular flexibility index (Phi) is 5.67. The number of amides is 2. The average molecular weight is 408 g/mol. The molecule has 156 valence electrons. The summed E-state index contributed by atoms with van der Waals surface area (Å²) >= 11 is 0. The summed E-state index contributed by atoms with van der Waals surface area (Å²) < 4.78 is 12.5.